The molecule has 2 aromatic rings. The van der Waals surface area contributed by atoms with Crippen molar-refractivity contribution in [2.45, 2.75) is 4.90 Å². The van der Waals surface area contributed by atoms with E-state index in [4.69, 9.17) is 6.42 Å². The van der Waals surface area contributed by atoms with Gasteiger partial charge in [0.25, 0.3) is 0 Å². The maximum Gasteiger partial charge on any atom is 0.0592 e. The molecule has 0 aliphatic heterocycles. The van der Waals surface area contributed by atoms with Crippen LogP contribution in [0.25, 0.3) is 10.9 Å². The monoisotopic (exact) mass is 187 g/mol. The van der Waals surface area contributed by atoms with Gasteiger partial charge < -0.3 is 4.98 Å². The summed E-state index contributed by atoms with van der Waals surface area (Å²) in [5.74, 6) is 3.34. The molecule has 0 aliphatic rings. The van der Waals surface area contributed by atoms with Crippen LogP contribution in [-0.4, -0.2) is 10.7 Å². The van der Waals surface area contributed by atoms with E-state index in [1.165, 1.54) is 15.8 Å². The predicted molar refractivity (Wildman–Crippen MR) is 57.9 cm³/mol. The molecule has 1 aromatic carbocycles. The van der Waals surface area contributed by atoms with Gasteiger partial charge >= 0.3 is 0 Å². The maximum atomic E-state index is 5.21. The van der Waals surface area contributed by atoms with Crippen molar-refractivity contribution in [2.24, 2.45) is 0 Å². The fourth-order valence-electron chi connectivity index (χ4n) is 1.28. The van der Waals surface area contributed by atoms with Crippen LogP contribution in [0.15, 0.2) is 35.4 Å². The molecule has 2 heteroatoms. The highest BCUT2D eigenvalue weighted by atomic mass is 32.2. The third kappa shape index (κ3) is 1.56. The molecule has 1 nitrogen and oxygen atoms in total. The third-order valence-corrected chi connectivity index (χ3v) is 2.82. The molecule has 0 fully saturated rings. The molecule has 0 spiro atoms. The number of fused-ring (bicyclic) bond motifs is 1. The number of H-pyrrole nitrogens is 1. The van der Waals surface area contributed by atoms with E-state index in [0.29, 0.717) is 0 Å². The molecule has 0 saturated carbocycles. The quantitative estimate of drug-likeness (QED) is 0.564. The summed E-state index contributed by atoms with van der Waals surface area (Å²) in [4.78, 5) is 4.44. The number of aromatic amines is 1. The van der Waals surface area contributed by atoms with Crippen LogP contribution < -0.4 is 0 Å². The minimum absolute atomic E-state index is 0.724. The van der Waals surface area contributed by atoms with Crippen molar-refractivity contribution < 1.29 is 0 Å². The first-order valence-corrected chi connectivity index (χ1v) is 5.03. The number of thioether (sulfide) groups is 1. The summed E-state index contributed by atoms with van der Waals surface area (Å²) in [6, 6.07) is 8.23. The lowest BCUT2D eigenvalue weighted by Gasteiger charge is -1.93. The molecule has 0 bridgehead atoms. The Labute approximate surface area is 81.5 Å². The molecule has 0 saturated heterocycles. The number of terminal acetylenes is 1. The summed E-state index contributed by atoms with van der Waals surface area (Å²) < 4.78 is 0. The first-order valence-electron chi connectivity index (χ1n) is 4.04. The first-order chi connectivity index (χ1) is 6.42. The smallest absolute Gasteiger partial charge is 0.0592 e. The van der Waals surface area contributed by atoms with Gasteiger partial charge in [0.05, 0.1) is 5.75 Å². The molecule has 13 heavy (non-hydrogen) atoms. The van der Waals surface area contributed by atoms with Gasteiger partial charge in [0, 0.05) is 22.0 Å². The van der Waals surface area contributed by atoms with E-state index >= 15 is 0 Å². The standard InChI is InChI=1S/C11H9NS/c1-2-7-13-11-8-12-10-6-4-3-5-9(10)11/h1,3-6,8,12H,7H2. The van der Waals surface area contributed by atoms with Crippen LogP contribution in [0.3, 0.4) is 0 Å². The molecule has 64 valence electrons. The number of nitrogens with one attached hydrogen (secondary N) is 1. The highest BCUT2D eigenvalue weighted by Gasteiger charge is 2.01. The topological polar surface area (TPSA) is 15.8 Å². The van der Waals surface area contributed by atoms with Crippen LogP contribution >= 0.6 is 11.8 Å². The average Bonchev–Trinajstić information content (AvgIpc) is 2.58. The minimum atomic E-state index is 0.724. The van der Waals surface area contributed by atoms with Gasteiger partial charge in [-0.2, -0.15) is 0 Å². The van der Waals surface area contributed by atoms with Crippen molar-refractivity contribution in [3.8, 4) is 12.3 Å². The van der Waals surface area contributed by atoms with Crippen molar-refractivity contribution in [1.82, 2.24) is 4.98 Å². The van der Waals surface area contributed by atoms with E-state index in [2.05, 4.69) is 23.0 Å². The second kappa shape index (κ2) is 3.59. The molecule has 2 rings (SSSR count). The number of hydrogen-bond acceptors (Lipinski definition) is 1. The van der Waals surface area contributed by atoms with Gasteiger partial charge in [0.15, 0.2) is 0 Å². The molecule has 0 unspecified atom stereocenters. The van der Waals surface area contributed by atoms with Gasteiger partial charge in [-0.05, 0) is 6.07 Å². The lowest BCUT2D eigenvalue weighted by molar-refractivity contribution is 1.42. The number of rotatable bonds is 2. The Morgan fingerprint density at radius 1 is 1.38 bits per heavy atom. The van der Waals surface area contributed by atoms with Crippen LogP contribution in [-0.2, 0) is 0 Å². The number of hydrogen-bond donors (Lipinski definition) is 1. The van der Waals surface area contributed by atoms with Gasteiger partial charge in [-0.3, -0.25) is 0 Å². The van der Waals surface area contributed by atoms with Crippen molar-refractivity contribution in [1.29, 1.82) is 0 Å². The first kappa shape index (κ1) is 8.28. The predicted octanol–water partition coefficient (Wildman–Crippen LogP) is 2.89. The van der Waals surface area contributed by atoms with Crippen LogP contribution in [0.5, 0.6) is 0 Å². The largest absolute Gasteiger partial charge is 0.360 e. The van der Waals surface area contributed by atoms with Crippen molar-refractivity contribution in [3.63, 3.8) is 0 Å². The fraction of sp³-hybridized carbons (Fsp3) is 0.0909. The van der Waals surface area contributed by atoms with Gasteiger partial charge in [0.1, 0.15) is 0 Å². The molecule has 1 heterocycles. The normalized spacial score (nSPS) is 10.1. The van der Waals surface area contributed by atoms with E-state index in [9.17, 15) is 0 Å². The molecule has 0 atom stereocenters. The second-order valence-corrected chi connectivity index (χ2v) is 3.71. The van der Waals surface area contributed by atoms with Crippen molar-refractivity contribution in [3.05, 3.63) is 30.5 Å². The Balaban J connectivity index is 2.41. The van der Waals surface area contributed by atoms with Crippen LogP contribution in [0.1, 0.15) is 0 Å². The Bertz CT molecular complexity index is 450. The highest BCUT2D eigenvalue weighted by Crippen LogP contribution is 2.26. The summed E-state index contributed by atoms with van der Waals surface area (Å²) in [6.45, 7) is 0. The lowest BCUT2D eigenvalue weighted by atomic mass is 10.2. The fourth-order valence-corrected chi connectivity index (χ4v) is 2.00. The zero-order valence-corrected chi connectivity index (χ0v) is 7.90. The number of para-hydroxylation sites is 1. The van der Waals surface area contributed by atoms with Crippen molar-refractivity contribution in [2.75, 3.05) is 5.75 Å². The molecule has 0 amide bonds. The lowest BCUT2D eigenvalue weighted by Crippen LogP contribution is -1.70. The SMILES string of the molecule is C#CCSc1c[nH]c2ccccc12. The Morgan fingerprint density at radius 3 is 3.08 bits per heavy atom. The minimum Gasteiger partial charge on any atom is -0.360 e. The Hall–Kier alpha value is -1.33. The van der Waals surface area contributed by atoms with Crippen molar-refractivity contribution >= 4 is 22.7 Å². The average molecular weight is 187 g/mol. The van der Waals surface area contributed by atoms with Crippen LogP contribution in [0, 0.1) is 12.3 Å². The molecule has 1 aromatic heterocycles. The second-order valence-electron chi connectivity index (χ2n) is 2.69. The summed E-state index contributed by atoms with van der Waals surface area (Å²) in [7, 11) is 0. The Kier molecular flexibility index (Phi) is 2.29. The molecule has 1 N–H and O–H groups in total. The highest BCUT2D eigenvalue weighted by molar-refractivity contribution is 7.99. The summed E-state index contributed by atoms with van der Waals surface area (Å²) in [5, 5.41) is 1.25. The zero-order chi connectivity index (χ0) is 9.10. The molecular weight excluding hydrogens is 178 g/mol. The van der Waals surface area contributed by atoms with Crippen LogP contribution in [0.2, 0.25) is 0 Å². The van der Waals surface area contributed by atoms with E-state index in [-0.39, 0.29) is 0 Å². The van der Waals surface area contributed by atoms with E-state index < -0.39 is 0 Å². The van der Waals surface area contributed by atoms with E-state index in [1.807, 2.05) is 18.3 Å². The summed E-state index contributed by atoms with van der Waals surface area (Å²) >= 11 is 1.69. The summed E-state index contributed by atoms with van der Waals surface area (Å²) in [6.07, 6.45) is 7.21. The third-order valence-electron chi connectivity index (χ3n) is 1.86. The molecule has 0 radical (unpaired) electrons. The summed E-state index contributed by atoms with van der Waals surface area (Å²) in [5.41, 5.74) is 1.17. The van der Waals surface area contributed by atoms with Gasteiger partial charge in [-0.1, -0.05) is 24.1 Å². The molecular formula is C11H9NS. The van der Waals surface area contributed by atoms with E-state index in [0.717, 1.165) is 5.75 Å². The molecule has 0 aliphatic carbocycles. The zero-order valence-electron chi connectivity index (χ0n) is 7.08. The number of aromatic nitrogens is 1. The Morgan fingerprint density at radius 2 is 2.23 bits per heavy atom. The van der Waals surface area contributed by atoms with Gasteiger partial charge in [-0.15, -0.1) is 18.2 Å². The van der Waals surface area contributed by atoms with Gasteiger partial charge in [-0.25, -0.2) is 0 Å². The van der Waals surface area contributed by atoms with Gasteiger partial charge in [0.2, 0.25) is 0 Å². The van der Waals surface area contributed by atoms with Crippen LogP contribution in [0.4, 0.5) is 0 Å². The maximum absolute atomic E-state index is 5.21. The number of benzene rings is 1. The van der Waals surface area contributed by atoms with E-state index in [1.54, 1.807) is 11.8 Å².